The molecule has 0 aliphatic rings. The Hall–Kier alpha value is -2.09. The highest BCUT2D eigenvalue weighted by molar-refractivity contribution is 5.87. The topological polar surface area (TPSA) is 131 Å². The lowest BCUT2D eigenvalue weighted by Crippen LogP contribution is -2.48. The molecule has 0 saturated carbocycles. The number of rotatable bonds is 10. The third-order valence-corrected chi connectivity index (χ3v) is 2.01. The molecule has 5 N–H and O–H groups in total. The molecule has 108 valence electrons. The molecule has 0 radical (unpaired) electrons. The van der Waals surface area contributed by atoms with Crippen molar-refractivity contribution in [3.05, 3.63) is 12.7 Å². The van der Waals surface area contributed by atoms with Crippen LogP contribution in [-0.2, 0) is 14.3 Å². The summed E-state index contributed by atoms with van der Waals surface area (Å²) in [6, 6.07) is -2.03. The van der Waals surface area contributed by atoms with E-state index in [4.69, 9.17) is 15.6 Å². The van der Waals surface area contributed by atoms with Crippen molar-refractivity contribution in [3.63, 3.8) is 0 Å². The van der Waals surface area contributed by atoms with E-state index in [1.807, 2.05) is 0 Å². The van der Waals surface area contributed by atoms with E-state index in [0.29, 0.717) is 19.6 Å². The van der Waals surface area contributed by atoms with Crippen LogP contribution in [0.4, 0.5) is 4.79 Å². The zero-order valence-corrected chi connectivity index (χ0v) is 10.6. The average Bonchev–Trinajstić information content (AvgIpc) is 2.32. The summed E-state index contributed by atoms with van der Waals surface area (Å²) in [6.45, 7) is 4.56. The maximum Gasteiger partial charge on any atom is 0.326 e. The molecule has 0 unspecified atom stereocenters. The van der Waals surface area contributed by atoms with E-state index in [-0.39, 0.29) is 6.54 Å². The Balaban J connectivity index is 3.84. The third kappa shape index (κ3) is 9.60. The van der Waals surface area contributed by atoms with Crippen LogP contribution in [0.5, 0.6) is 0 Å². The maximum absolute atomic E-state index is 11.3. The quantitative estimate of drug-likeness (QED) is 0.306. The fourth-order valence-corrected chi connectivity index (χ4v) is 1.12. The fraction of sp³-hybridized carbons (Fsp3) is 0.545. The zero-order chi connectivity index (χ0) is 14.7. The average molecular weight is 273 g/mol. The number of ether oxygens (including phenoxy) is 1. The van der Waals surface area contributed by atoms with Crippen LogP contribution in [0.1, 0.15) is 12.8 Å². The fourth-order valence-electron chi connectivity index (χ4n) is 1.12. The molecule has 0 aliphatic carbocycles. The molecule has 0 heterocycles. The molecule has 0 bridgehead atoms. The molecule has 8 nitrogen and oxygen atoms in total. The van der Waals surface area contributed by atoms with Crippen molar-refractivity contribution in [1.29, 1.82) is 0 Å². The normalized spacial score (nSPS) is 11.4. The summed E-state index contributed by atoms with van der Waals surface area (Å²) in [5.74, 6) is -2.13. The lowest BCUT2D eigenvalue weighted by Gasteiger charge is -2.13. The van der Waals surface area contributed by atoms with Crippen molar-refractivity contribution < 1.29 is 24.2 Å². The van der Waals surface area contributed by atoms with Crippen LogP contribution in [0.3, 0.4) is 0 Å². The number of carbonyl (C=O) groups excluding carboxylic acids is 2. The van der Waals surface area contributed by atoms with Crippen LogP contribution in [0.25, 0.3) is 0 Å². The standard InChI is InChI=1S/C11H19N3O5/c1-2-3-5-19-6-4-13-11(18)14-8(10(16)17)7-9(12)15/h2,8H,1,3-7H2,(H2,12,15)(H,16,17)(H2,13,14,18)/t8-/m1/s1. The summed E-state index contributed by atoms with van der Waals surface area (Å²) in [6.07, 6.45) is 1.96. The number of primary amides is 1. The van der Waals surface area contributed by atoms with Gasteiger partial charge in [-0.3, -0.25) is 4.79 Å². The van der Waals surface area contributed by atoms with Crippen LogP contribution < -0.4 is 16.4 Å². The van der Waals surface area contributed by atoms with Crippen molar-refractivity contribution in [1.82, 2.24) is 10.6 Å². The summed E-state index contributed by atoms with van der Waals surface area (Å²) in [5.41, 5.74) is 4.87. The van der Waals surface area contributed by atoms with E-state index >= 15 is 0 Å². The minimum absolute atomic E-state index is 0.228. The second-order valence-electron chi connectivity index (χ2n) is 3.65. The van der Waals surface area contributed by atoms with Crippen molar-refractivity contribution in [2.75, 3.05) is 19.8 Å². The molecule has 19 heavy (non-hydrogen) atoms. The van der Waals surface area contributed by atoms with Gasteiger partial charge in [-0.25, -0.2) is 9.59 Å². The van der Waals surface area contributed by atoms with Gasteiger partial charge in [0, 0.05) is 6.54 Å². The highest BCUT2D eigenvalue weighted by Crippen LogP contribution is 1.91. The highest BCUT2D eigenvalue weighted by atomic mass is 16.5. The van der Waals surface area contributed by atoms with Gasteiger partial charge in [-0.05, 0) is 6.42 Å². The molecule has 0 aliphatic heterocycles. The van der Waals surface area contributed by atoms with Crippen molar-refractivity contribution in [3.8, 4) is 0 Å². The van der Waals surface area contributed by atoms with Crippen molar-refractivity contribution in [2.45, 2.75) is 18.9 Å². The van der Waals surface area contributed by atoms with Gasteiger partial charge in [0.05, 0.1) is 19.6 Å². The number of nitrogens with two attached hydrogens (primary N) is 1. The van der Waals surface area contributed by atoms with E-state index in [1.165, 1.54) is 0 Å². The number of amides is 3. The van der Waals surface area contributed by atoms with Gasteiger partial charge < -0.3 is 26.2 Å². The monoisotopic (exact) mass is 273 g/mol. The largest absolute Gasteiger partial charge is 0.480 e. The number of urea groups is 1. The lowest BCUT2D eigenvalue weighted by molar-refractivity contribution is -0.140. The predicted octanol–water partition coefficient (Wildman–Crippen LogP) is -0.793. The molecular formula is C11H19N3O5. The molecular weight excluding hydrogens is 254 g/mol. The summed E-state index contributed by atoms with van der Waals surface area (Å²) in [7, 11) is 0. The van der Waals surface area contributed by atoms with Gasteiger partial charge >= 0.3 is 12.0 Å². The van der Waals surface area contributed by atoms with Gasteiger partial charge in [0.25, 0.3) is 0 Å². The number of hydrogen-bond donors (Lipinski definition) is 4. The summed E-state index contributed by atoms with van der Waals surface area (Å²) in [4.78, 5) is 32.7. The van der Waals surface area contributed by atoms with Crippen molar-refractivity contribution >= 4 is 17.9 Å². The summed E-state index contributed by atoms with van der Waals surface area (Å²) in [5, 5.41) is 13.3. The molecule has 0 saturated heterocycles. The first kappa shape index (κ1) is 16.9. The zero-order valence-electron chi connectivity index (χ0n) is 10.6. The SMILES string of the molecule is C=CCCOCCNC(=O)N[C@H](CC(N)=O)C(=O)O. The molecule has 0 rings (SSSR count). The van der Waals surface area contributed by atoms with Crippen LogP contribution in [0, 0.1) is 0 Å². The van der Waals surface area contributed by atoms with E-state index in [0.717, 1.165) is 0 Å². The molecule has 0 aromatic rings. The molecule has 1 atom stereocenters. The van der Waals surface area contributed by atoms with E-state index in [2.05, 4.69) is 17.2 Å². The summed E-state index contributed by atoms with van der Waals surface area (Å²) >= 11 is 0. The van der Waals surface area contributed by atoms with Gasteiger partial charge in [0.15, 0.2) is 0 Å². The second kappa shape index (κ2) is 9.89. The Bertz CT molecular complexity index is 332. The predicted molar refractivity (Wildman–Crippen MR) is 67.4 cm³/mol. The number of carbonyl (C=O) groups is 3. The molecule has 0 fully saturated rings. The van der Waals surface area contributed by atoms with E-state index in [9.17, 15) is 14.4 Å². The lowest BCUT2D eigenvalue weighted by atomic mass is 10.2. The van der Waals surface area contributed by atoms with Gasteiger partial charge in [-0.15, -0.1) is 6.58 Å². The molecule has 0 spiro atoms. The van der Waals surface area contributed by atoms with E-state index in [1.54, 1.807) is 6.08 Å². The smallest absolute Gasteiger partial charge is 0.326 e. The van der Waals surface area contributed by atoms with Crippen LogP contribution >= 0.6 is 0 Å². The van der Waals surface area contributed by atoms with Crippen LogP contribution in [0.2, 0.25) is 0 Å². The number of carboxylic acid groups (broad SMARTS) is 1. The van der Waals surface area contributed by atoms with Crippen LogP contribution in [0.15, 0.2) is 12.7 Å². The third-order valence-electron chi connectivity index (χ3n) is 2.01. The Kier molecular flexibility index (Phi) is 8.80. The molecule has 0 aromatic heterocycles. The number of nitrogens with one attached hydrogen (secondary N) is 2. The Morgan fingerprint density at radius 3 is 2.58 bits per heavy atom. The first-order chi connectivity index (χ1) is 8.97. The van der Waals surface area contributed by atoms with Gasteiger partial charge in [0.2, 0.25) is 5.91 Å². The Morgan fingerprint density at radius 2 is 2.05 bits per heavy atom. The number of aliphatic carboxylic acids is 1. The van der Waals surface area contributed by atoms with Gasteiger partial charge in [-0.1, -0.05) is 6.08 Å². The minimum atomic E-state index is -1.33. The minimum Gasteiger partial charge on any atom is -0.480 e. The first-order valence-corrected chi connectivity index (χ1v) is 5.71. The van der Waals surface area contributed by atoms with E-state index < -0.39 is 30.4 Å². The Morgan fingerprint density at radius 1 is 1.37 bits per heavy atom. The maximum atomic E-state index is 11.3. The van der Waals surface area contributed by atoms with Gasteiger partial charge in [0.1, 0.15) is 6.04 Å². The number of hydrogen-bond acceptors (Lipinski definition) is 4. The van der Waals surface area contributed by atoms with Gasteiger partial charge in [-0.2, -0.15) is 0 Å². The molecule has 8 heteroatoms. The molecule has 0 aromatic carbocycles. The highest BCUT2D eigenvalue weighted by Gasteiger charge is 2.21. The Labute approximate surface area is 111 Å². The number of carboxylic acids is 1. The summed E-state index contributed by atoms with van der Waals surface area (Å²) < 4.78 is 5.14. The van der Waals surface area contributed by atoms with Crippen molar-refractivity contribution in [2.24, 2.45) is 5.73 Å². The first-order valence-electron chi connectivity index (χ1n) is 5.71. The molecule has 3 amide bonds. The second-order valence-corrected chi connectivity index (χ2v) is 3.65. The van der Waals surface area contributed by atoms with Crippen LogP contribution in [-0.4, -0.2) is 48.8 Å².